The van der Waals surface area contributed by atoms with E-state index in [1.807, 2.05) is 16.8 Å². The molecule has 6 heteroatoms. The first-order valence-electron chi connectivity index (χ1n) is 13.6. The normalized spacial score (nSPS) is 18.0. The molecule has 2 fully saturated rings. The Bertz CT molecular complexity index is 1310. The third kappa shape index (κ3) is 3.74. The zero-order valence-electron chi connectivity index (χ0n) is 20.9. The molecule has 36 heavy (non-hydrogen) atoms. The average molecular weight is 482 g/mol. The second kappa shape index (κ2) is 9.57. The number of carbonyl (C=O) groups is 1. The molecule has 2 heterocycles. The second-order valence-corrected chi connectivity index (χ2v) is 10.6. The van der Waals surface area contributed by atoms with Crippen molar-refractivity contribution < 1.29 is 4.79 Å². The predicted octanol–water partition coefficient (Wildman–Crippen LogP) is 6.23. The molecule has 6 rings (SSSR count). The number of aromatic nitrogens is 4. The van der Waals surface area contributed by atoms with Gasteiger partial charge in [-0.1, -0.05) is 50.7 Å². The van der Waals surface area contributed by atoms with E-state index in [1.165, 1.54) is 12.8 Å². The lowest BCUT2D eigenvalue weighted by atomic mass is 9.63. The van der Waals surface area contributed by atoms with Crippen molar-refractivity contribution in [1.82, 2.24) is 19.1 Å². The van der Waals surface area contributed by atoms with E-state index in [-0.39, 0.29) is 17.7 Å². The molecule has 0 radical (unpaired) electrons. The number of benzene rings is 2. The molecule has 0 saturated heterocycles. The largest absolute Gasteiger partial charge is 0.368 e. The Hall–Kier alpha value is -3.41. The van der Waals surface area contributed by atoms with Gasteiger partial charge in [-0.25, -0.2) is 9.97 Å². The van der Waals surface area contributed by atoms with Crippen molar-refractivity contribution in [3.05, 3.63) is 67.3 Å². The number of imidazole rings is 2. The maximum atomic E-state index is 13.9. The molecule has 2 aromatic carbocycles. The van der Waals surface area contributed by atoms with Gasteiger partial charge < -0.3 is 14.9 Å². The van der Waals surface area contributed by atoms with Gasteiger partial charge in [0.05, 0.1) is 17.4 Å². The first-order chi connectivity index (χ1) is 17.7. The fraction of sp³-hybridized carbons (Fsp3) is 0.433. The van der Waals surface area contributed by atoms with Crippen molar-refractivity contribution in [3.63, 3.8) is 0 Å². The minimum Gasteiger partial charge on any atom is -0.368 e. The van der Waals surface area contributed by atoms with Gasteiger partial charge in [0.15, 0.2) is 0 Å². The molecule has 0 bridgehead atoms. The van der Waals surface area contributed by atoms with Crippen molar-refractivity contribution in [2.24, 2.45) is 17.6 Å². The van der Waals surface area contributed by atoms with Gasteiger partial charge in [-0.05, 0) is 73.9 Å². The number of carbonyl (C=O) groups excluding carboxylic acids is 1. The van der Waals surface area contributed by atoms with Gasteiger partial charge >= 0.3 is 0 Å². The molecule has 4 aromatic rings. The van der Waals surface area contributed by atoms with Gasteiger partial charge in [0.1, 0.15) is 11.4 Å². The van der Waals surface area contributed by atoms with Gasteiger partial charge in [-0.3, -0.25) is 4.79 Å². The number of nitrogens with zero attached hydrogens (tertiary/aromatic N) is 4. The Morgan fingerprint density at radius 2 is 1.50 bits per heavy atom. The molecular weight excluding hydrogens is 446 g/mol. The highest BCUT2D eigenvalue weighted by atomic mass is 16.1. The summed E-state index contributed by atoms with van der Waals surface area (Å²) in [6.45, 7) is 0. The number of rotatable bonds is 6. The zero-order valence-corrected chi connectivity index (χ0v) is 20.9. The molecule has 186 valence electrons. The summed E-state index contributed by atoms with van der Waals surface area (Å²) in [5.74, 6) is 1.13. The Labute approximate surface area is 212 Å². The van der Waals surface area contributed by atoms with Crippen LogP contribution in [0.2, 0.25) is 0 Å². The quantitative estimate of drug-likeness (QED) is 0.354. The lowest BCUT2D eigenvalue weighted by Gasteiger charge is -2.48. The summed E-state index contributed by atoms with van der Waals surface area (Å²) in [6.07, 6.45) is 16.8. The number of fused-ring (bicyclic) bond motifs is 1. The van der Waals surface area contributed by atoms with Crippen molar-refractivity contribution in [2.45, 2.75) is 69.7 Å². The van der Waals surface area contributed by atoms with Crippen LogP contribution in [0.3, 0.4) is 0 Å². The lowest BCUT2D eigenvalue weighted by Crippen LogP contribution is -2.58. The van der Waals surface area contributed by atoms with Crippen LogP contribution in [0.25, 0.3) is 28.1 Å². The predicted molar refractivity (Wildman–Crippen MR) is 143 cm³/mol. The standard InChI is InChI=1S/C30H35N5O/c31-29(36)30(23-9-3-1-4-10-23,24-11-5-2-6-12-24)35-27-14-8-7-13-26(27)33-28(35)22-15-17-25(18-16-22)34-20-19-32-21-34/h7-8,13-21,23-24H,1-6,9-12H2,(H2,31,36). The first kappa shape index (κ1) is 23.0. The number of para-hydroxylation sites is 2. The van der Waals surface area contributed by atoms with Crippen molar-refractivity contribution in [3.8, 4) is 17.1 Å². The fourth-order valence-corrected chi connectivity index (χ4v) is 7.09. The maximum Gasteiger partial charge on any atom is 0.244 e. The molecule has 0 spiro atoms. The molecule has 2 N–H and O–H groups in total. The molecular formula is C30H35N5O. The highest BCUT2D eigenvalue weighted by Crippen LogP contribution is 2.50. The summed E-state index contributed by atoms with van der Waals surface area (Å²) in [5, 5.41) is 0. The Morgan fingerprint density at radius 3 is 2.08 bits per heavy atom. The van der Waals surface area contributed by atoms with Crippen LogP contribution in [0.4, 0.5) is 0 Å². The molecule has 2 aliphatic rings. The number of nitrogens with two attached hydrogens (primary N) is 1. The maximum absolute atomic E-state index is 13.9. The molecule has 0 atom stereocenters. The Balaban J connectivity index is 1.59. The highest BCUT2D eigenvalue weighted by Gasteiger charge is 2.53. The van der Waals surface area contributed by atoms with Gasteiger partial charge in [-0.15, -0.1) is 0 Å². The number of primary amides is 1. The van der Waals surface area contributed by atoms with Crippen LogP contribution in [0.1, 0.15) is 64.2 Å². The smallest absolute Gasteiger partial charge is 0.244 e. The number of hydrogen-bond acceptors (Lipinski definition) is 3. The van der Waals surface area contributed by atoms with E-state index in [4.69, 9.17) is 10.7 Å². The molecule has 2 aromatic heterocycles. The molecule has 6 nitrogen and oxygen atoms in total. The summed E-state index contributed by atoms with van der Waals surface area (Å²) in [7, 11) is 0. The Morgan fingerprint density at radius 1 is 0.861 bits per heavy atom. The average Bonchev–Trinajstić information content (AvgIpc) is 3.60. The summed E-state index contributed by atoms with van der Waals surface area (Å²) < 4.78 is 4.29. The third-order valence-corrected chi connectivity index (χ3v) is 8.71. The highest BCUT2D eigenvalue weighted by molar-refractivity contribution is 5.90. The van der Waals surface area contributed by atoms with Crippen molar-refractivity contribution in [2.75, 3.05) is 0 Å². The van der Waals surface area contributed by atoms with Crippen LogP contribution in [0.15, 0.2) is 67.3 Å². The van der Waals surface area contributed by atoms with Crippen LogP contribution < -0.4 is 5.73 Å². The van der Waals surface area contributed by atoms with E-state index in [2.05, 4.69) is 52.0 Å². The van der Waals surface area contributed by atoms with E-state index in [9.17, 15) is 4.79 Å². The zero-order chi connectivity index (χ0) is 24.5. The van der Waals surface area contributed by atoms with Gasteiger partial charge in [0, 0.05) is 23.6 Å². The minimum atomic E-state index is -0.769. The van der Waals surface area contributed by atoms with E-state index < -0.39 is 5.54 Å². The van der Waals surface area contributed by atoms with Crippen molar-refractivity contribution >= 4 is 16.9 Å². The summed E-state index contributed by atoms with van der Waals surface area (Å²) in [6, 6.07) is 16.7. The SMILES string of the molecule is NC(=O)C(C1CCCCC1)(C1CCCCC1)n1c(-c2ccc(-n3ccnc3)cc2)nc2ccccc21. The third-order valence-electron chi connectivity index (χ3n) is 8.71. The summed E-state index contributed by atoms with van der Waals surface area (Å²) >= 11 is 0. The van der Waals surface area contributed by atoms with Gasteiger partial charge in [0.2, 0.25) is 5.91 Å². The molecule has 2 saturated carbocycles. The number of amides is 1. The van der Waals surface area contributed by atoms with Crippen LogP contribution in [0.5, 0.6) is 0 Å². The van der Waals surface area contributed by atoms with E-state index in [0.717, 1.165) is 79.5 Å². The second-order valence-electron chi connectivity index (χ2n) is 10.6. The number of hydrogen-bond donors (Lipinski definition) is 1. The van der Waals surface area contributed by atoms with Crippen LogP contribution >= 0.6 is 0 Å². The molecule has 0 aliphatic heterocycles. The van der Waals surface area contributed by atoms with E-state index in [0.29, 0.717) is 0 Å². The Kier molecular flexibility index (Phi) is 6.12. The fourth-order valence-electron chi connectivity index (χ4n) is 7.09. The molecule has 1 amide bonds. The van der Waals surface area contributed by atoms with E-state index >= 15 is 0 Å². The van der Waals surface area contributed by atoms with Crippen LogP contribution in [-0.4, -0.2) is 25.0 Å². The van der Waals surface area contributed by atoms with Crippen LogP contribution in [0, 0.1) is 11.8 Å². The van der Waals surface area contributed by atoms with E-state index in [1.54, 1.807) is 12.5 Å². The first-order valence-corrected chi connectivity index (χ1v) is 13.6. The molecule has 2 aliphatic carbocycles. The molecule has 0 unspecified atom stereocenters. The summed E-state index contributed by atoms with van der Waals surface area (Å²) in [5.41, 5.74) is 9.77. The topological polar surface area (TPSA) is 78.7 Å². The lowest BCUT2D eigenvalue weighted by molar-refractivity contribution is -0.135. The minimum absolute atomic E-state index is 0.180. The van der Waals surface area contributed by atoms with Crippen molar-refractivity contribution in [1.29, 1.82) is 0 Å². The monoisotopic (exact) mass is 481 g/mol. The summed E-state index contributed by atoms with van der Waals surface area (Å²) in [4.78, 5) is 23.2. The van der Waals surface area contributed by atoms with Gasteiger partial charge in [-0.2, -0.15) is 0 Å². The van der Waals surface area contributed by atoms with Gasteiger partial charge in [0.25, 0.3) is 0 Å². The van der Waals surface area contributed by atoms with Crippen LogP contribution in [-0.2, 0) is 10.3 Å².